The minimum absolute atomic E-state index is 0.142. The van der Waals surface area contributed by atoms with Gasteiger partial charge in [-0.1, -0.05) is 19.3 Å². The standard InChI is InChI=1S/C18H34N2O3/c1-21-10-7-19-8-11-22-16-18(14-19)15-20(9-12-23-18)13-17-5-3-2-4-6-17/h17H,2-16H2,1H3. The number of ether oxygens (including phenoxy) is 3. The van der Waals surface area contributed by atoms with Crippen molar-refractivity contribution in [1.82, 2.24) is 9.80 Å². The number of rotatable bonds is 5. The second-order valence-corrected chi connectivity index (χ2v) is 7.59. The largest absolute Gasteiger partial charge is 0.383 e. The minimum Gasteiger partial charge on any atom is -0.383 e. The second kappa shape index (κ2) is 8.77. The highest BCUT2D eigenvalue weighted by molar-refractivity contribution is 4.93. The van der Waals surface area contributed by atoms with Crippen LogP contribution in [0.15, 0.2) is 0 Å². The molecule has 5 nitrogen and oxygen atoms in total. The Balaban J connectivity index is 1.55. The number of methoxy groups -OCH3 is 1. The Hall–Kier alpha value is -0.200. The van der Waals surface area contributed by atoms with Gasteiger partial charge in [-0.3, -0.25) is 9.80 Å². The van der Waals surface area contributed by atoms with Gasteiger partial charge in [-0.05, 0) is 18.8 Å². The highest BCUT2D eigenvalue weighted by Crippen LogP contribution is 2.27. The maximum Gasteiger partial charge on any atom is 0.117 e. The van der Waals surface area contributed by atoms with E-state index < -0.39 is 0 Å². The fourth-order valence-corrected chi connectivity index (χ4v) is 4.39. The highest BCUT2D eigenvalue weighted by atomic mass is 16.5. The first-order valence-corrected chi connectivity index (χ1v) is 9.45. The van der Waals surface area contributed by atoms with Crippen LogP contribution in [0.4, 0.5) is 0 Å². The molecular formula is C18H34N2O3. The van der Waals surface area contributed by atoms with Gasteiger partial charge in [0.05, 0.1) is 26.4 Å². The average Bonchev–Trinajstić information content (AvgIpc) is 2.76. The lowest BCUT2D eigenvalue weighted by Crippen LogP contribution is -2.59. The van der Waals surface area contributed by atoms with Crippen molar-refractivity contribution >= 4 is 0 Å². The SMILES string of the molecule is COCCN1CCOCC2(C1)CN(CC1CCCCC1)CCO2. The van der Waals surface area contributed by atoms with Crippen molar-refractivity contribution in [2.24, 2.45) is 5.92 Å². The molecule has 0 N–H and O–H groups in total. The van der Waals surface area contributed by atoms with Crippen molar-refractivity contribution in [2.45, 2.75) is 37.7 Å². The van der Waals surface area contributed by atoms with E-state index in [1.54, 1.807) is 7.11 Å². The van der Waals surface area contributed by atoms with Gasteiger partial charge in [0, 0.05) is 46.4 Å². The Morgan fingerprint density at radius 3 is 2.65 bits per heavy atom. The molecule has 0 aromatic carbocycles. The maximum absolute atomic E-state index is 6.27. The van der Waals surface area contributed by atoms with Crippen LogP contribution in [0.1, 0.15) is 32.1 Å². The molecule has 0 aromatic heterocycles. The van der Waals surface area contributed by atoms with Gasteiger partial charge in [-0.2, -0.15) is 0 Å². The normalized spacial score (nSPS) is 32.2. The Bertz CT molecular complexity index is 349. The smallest absolute Gasteiger partial charge is 0.117 e. The van der Waals surface area contributed by atoms with E-state index in [1.807, 2.05) is 0 Å². The van der Waals surface area contributed by atoms with Crippen LogP contribution >= 0.6 is 0 Å². The van der Waals surface area contributed by atoms with E-state index in [2.05, 4.69) is 9.80 Å². The van der Waals surface area contributed by atoms with Crippen LogP contribution in [0.3, 0.4) is 0 Å². The van der Waals surface area contributed by atoms with Crippen molar-refractivity contribution in [3.8, 4) is 0 Å². The second-order valence-electron chi connectivity index (χ2n) is 7.59. The zero-order chi connectivity index (χ0) is 16.0. The molecule has 0 radical (unpaired) electrons. The molecule has 3 rings (SSSR count). The third-order valence-electron chi connectivity index (χ3n) is 5.61. The topological polar surface area (TPSA) is 34.2 Å². The molecule has 1 spiro atoms. The first kappa shape index (κ1) is 17.6. The van der Waals surface area contributed by atoms with Gasteiger partial charge in [0.1, 0.15) is 5.60 Å². The van der Waals surface area contributed by atoms with Gasteiger partial charge in [-0.25, -0.2) is 0 Å². The van der Waals surface area contributed by atoms with Crippen LogP contribution in [0.5, 0.6) is 0 Å². The Labute approximate surface area is 141 Å². The third-order valence-corrected chi connectivity index (χ3v) is 5.61. The minimum atomic E-state index is -0.142. The van der Waals surface area contributed by atoms with Gasteiger partial charge in [0.25, 0.3) is 0 Å². The van der Waals surface area contributed by atoms with Crippen molar-refractivity contribution in [3.63, 3.8) is 0 Å². The number of hydrogen-bond donors (Lipinski definition) is 0. The van der Waals surface area contributed by atoms with Gasteiger partial charge < -0.3 is 14.2 Å². The zero-order valence-electron chi connectivity index (χ0n) is 14.8. The molecule has 2 aliphatic heterocycles. The van der Waals surface area contributed by atoms with Crippen molar-refractivity contribution in [2.75, 3.05) is 72.8 Å². The van der Waals surface area contributed by atoms with Crippen molar-refractivity contribution in [3.05, 3.63) is 0 Å². The molecule has 1 saturated carbocycles. The van der Waals surface area contributed by atoms with Gasteiger partial charge in [0.2, 0.25) is 0 Å². The predicted octanol–water partition coefficient (Wildman–Crippen LogP) is 1.62. The van der Waals surface area contributed by atoms with E-state index in [4.69, 9.17) is 14.2 Å². The van der Waals surface area contributed by atoms with E-state index in [0.717, 1.165) is 65.1 Å². The summed E-state index contributed by atoms with van der Waals surface area (Å²) >= 11 is 0. The molecule has 3 aliphatic rings. The summed E-state index contributed by atoms with van der Waals surface area (Å²) in [7, 11) is 1.77. The molecule has 23 heavy (non-hydrogen) atoms. The number of nitrogens with zero attached hydrogens (tertiary/aromatic N) is 2. The Kier molecular flexibility index (Phi) is 6.72. The molecule has 1 atom stereocenters. The molecular weight excluding hydrogens is 292 g/mol. The molecule has 134 valence electrons. The molecule has 1 aliphatic carbocycles. The lowest BCUT2D eigenvalue weighted by molar-refractivity contribution is -0.144. The maximum atomic E-state index is 6.27. The summed E-state index contributed by atoms with van der Waals surface area (Å²) in [6.45, 7) is 9.43. The summed E-state index contributed by atoms with van der Waals surface area (Å²) < 4.78 is 17.4. The Morgan fingerprint density at radius 1 is 1.04 bits per heavy atom. The zero-order valence-corrected chi connectivity index (χ0v) is 14.8. The third kappa shape index (κ3) is 5.13. The van der Waals surface area contributed by atoms with E-state index in [-0.39, 0.29) is 5.60 Å². The molecule has 0 amide bonds. The number of morpholine rings is 1. The highest BCUT2D eigenvalue weighted by Gasteiger charge is 2.40. The van der Waals surface area contributed by atoms with Gasteiger partial charge >= 0.3 is 0 Å². The van der Waals surface area contributed by atoms with E-state index in [9.17, 15) is 0 Å². The lowest BCUT2D eigenvalue weighted by Gasteiger charge is -2.44. The van der Waals surface area contributed by atoms with Crippen LogP contribution in [-0.2, 0) is 14.2 Å². The summed E-state index contributed by atoms with van der Waals surface area (Å²) in [5, 5.41) is 0. The summed E-state index contributed by atoms with van der Waals surface area (Å²) in [5.74, 6) is 0.898. The van der Waals surface area contributed by atoms with E-state index >= 15 is 0 Å². The van der Waals surface area contributed by atoms with Gasteiger partial charge in [0.15, 0.2) is 0 Å². The van der Waals surface area contributed by atoms with Crippen LogP contribution in [0.25, 0.3) is 0 Å². The van der Waals surface area contributed by atoms with Gasteiger partial charge in [-0.15, -0.1) is 0 Å². The molecule has 5 heteroatoms. The summed E-state index contributed by atoms with van der Waals surface area (Å²) in [4.78, 5) is 5.09. The van der Waals surface area contributed by atoms with Crippen molar-refractivity contribution < 1.29 is 14.2 Å². The molecule has 2 saturated heterocycles. The van der Waals surface area contributed by atoms with Crippen molar-refractivity contribution in [1.29, 1.82) is 0 Å². The molecule has 3 fully saturated rings. The van der Waals surface area contributed by atoms with Crippen LogP contribution < -0.4 is 0 Å². The van der Waals surface area contributed by atoms with E-state index in [0.29, 0.717) is 0 Å². The first-order chi connectivity index (χ1) is 11.3. The van der Waals surface area contributed by atoms with Crippen LogP contribution in [0, 0.1) is 5.92 Å². The van der Waals surface area contributed by atoms with Crippen LogP contribution in [0.2, 0.25) is 0 Å². The summed E-state index contributed by atoms with van der Waals surface area (Å²) in [6.07, 6.45) is 7.12. The molecule has 2 heterocycles. The monoisotopic (exact) mass is 326 g/mol. The van der Waals surface area contributed by atoms with Crippen LogP contribution in [-0.4, -0.2) is 88.2 Å². The lowest BCUT2D eigenvalue weighted by atomic mass is 9.88. The van der Waals surface area contributed by atoms with E-state index in [1.165, 1.54) is 38.6 Å². The molecule has 0 aromatic rings. The fourth-order valence-electron chi connectivity index (χ4n) is 4.39. The fraction of sp³-hybridized carbons (Fsp3) is 1.00. The summed E-state index contributed by atoms with van der Waals surface area (Å²) in [5.41, 5.74) is -0.142. The number of hydrogen-bond acceptors (Lipinski definition) is 5. The Morgan fingerprint density at radius 2 is 1.83 bits per heavy atom. The molecule has 0 bridgehead atoms. The quantitative estimate of drug-likeness (QED) is 0.767. The first-order valence-electron chi connectivity index (χ1n) is 9.45. The summed E-state index contributed by atoms with van der Waals surface area (Å²) in [6, 6.07) is 0. The average molecular weight is 326 g/mol. The predicted molar refractivity (Wildman–Crippen MR) is 90.8 cm³/mol. The molecule has 1 unspecified atom stereocenters.